The SMILES string of the molecule is COc1c(/C=C/C(=O)c2ccc(-c3ccccc3)cc2)ccc2ccccc12. The zero-order valence-corrected chi connectivity index (χ0v) is 15.6. The van der Waals surface area contributed by atoms with E-state index >= 15 is 0 Å². The fourth-order valence-electron chi connectivity index (χ4n) is 3.34. The topological polar surface area (TPSA) is 26.3 Å². The molecule has 136 valence electrons. The summed E-state index contributed by atoms with van der Waals surface area (Å²) in [6.45, 7) is 0. The Morgan fingerprint density at radius 2 is 1.43 bits per heavy atom. The van der Waals surface area contributed by atoms with E-state index < -0.39 is 0 Å². The molecule has 0 radical (unpaired) electrons. The molecule has 2 nitrogen and oxygen atoms in total. The number of allylic oxidation sites excluding steroid dienone is 1. The van der Waals surface area contributed by atoms with E-state index in [1.165, 1.54) is 0 Å². The molecule has 0 fully saturated rings. The smallest absolute Gasteiger partial charge is 0.185 e. The molecule has 0 aliphatic heterocycles. The predicted octanol–water partition coefficient (Wildman–Crippen LogP) is 6.41. The number of ketones is 1. The van der Waals surface area contributed by atoms with Crippen molar-refractivity contribution >= 4 is 22.6 Å². The third-order valence-electron chi connectivity index (χ3n) is 4.80. The first-order valence-electron chi connectivity index (χ1n) is 9.20. The van der Waals surface area contributed by atoms with Crippen LogP contribution in [0.5, 0.6) is 5.75 Å². The number of ether oxygens (including phenoxy) is 1. The average Bonchev–Trinajstić information content (AvgIpc) is 2.77. The Hall–Kier alpha value is -3.65. The maximum atomic E-state index is 12.6. The van der Waals surface area contributed by atoms with Gasteiger partial charge in [-0.25, -0.2) is 0 Å². The molecule has 0 saturated carbocycles. The highest BCUT2D eigenvalue weighted by Crippen LogP contribution is 2.30. The van der Waals surface area contributed by atoms with Gasteiger partial charge < -0.3 is 4.74 Å². The van der Waals surface area contributed by atoms with Crippen LogP contribution in [-0.2, 0) is 0 Å². The number of rotatable bonds is 5. The second-order valence-corrected chi connectivity index (χ2v) is 6.55. The minimum absolute atomic E-state index is 0.0326. The molecule has 0 spiro atoms. The maximum absolute atomic E-state index is 12.6. The van der Waals surface area contributed by atoms with Crippen LogP contribution in [0.4, 0.5) is 0 Å². The molecule has 0 atom stereocenters. The highest BCUT2D eigenvalue weighted by molar-refractivity contribution is 6.07. The fraction of sp³-hybridized carbons (Fsp3) is 0.0385. The molecule has 0 N–H and O–H groups in total. The standard InChI is InChI=1S/C26H20O2/c1-28-26-23(16-13-21-9-5-6-10-24(21)26)17-18-25(27)22-14-11-20(12-15-22)19-7-3-2-4-8-19/h2-18H,1H3/b18-17+. The van der Waals surface area contributed by atoms with Crippen LogP contribution < -0.4 is 4.74 Å². The van der Waals surface area contributed by atoms with Crippen LogP contribution in [0, 0.1) is 0 Å². The van der Waals surface area contributed by atoms with Crippen LogP contribution >= 0.6 is 0 Å². The van der Waals surface area contributed by atoms with Gasteiger partial charge in [0, 0.05) is 16.5 Å². The molecule has 0 aliphatic rings. The molecule has 4 aromatic carbocycles. The first-order chi connectivity index (χ1) is 13.8. The molecule has 0 aromatic heterocycles. The molecule has 0 heterocycles. The second kappa shape index (κ2) is 7.93. The molecular weight excluding hydrogens is 344 g/mol. The van der Waals surface area contributed by atoms with Crippen molar-refractivity contribution in [2.45, 2.75) is 0 Å². The normalized spacial score (nSPS) is 11.0. The monoisotopic (exact) mass is 364 g/mol. The third-order valence-corrected chi connectivity index (χ3v) is 4.80. The van der Waals surface area contributed by atoms with Gasteiger partial charge in [0.2, 0.25) is 0 Å². The molecule has 28 heavy (non-hydrogen) atoms. The number of fused-ring (bicyclic) bond motifs is 1. The summed E-state index contributed by atoms with van der Waals surface area (Å²) in [5, 5.41) is 2.14. The number of benzene rings is 4. The molecule has 0 aliphatic carbocycles. The lowest BCUT2D eigenvalue weighted by atomic mass is 10.0. The highest BCUT2D eigenvalue weighted by Gasteiger charge is 2.07. The predicted molar refractivity (Wildman–Crippen MR) is 116 cm³/mol. The van der Waals surface area contributed by atoms with Gasteiger partial charge in [-0.15, -0.1) is 0 Å². The lowest BCUT2D eigenvalue weighted by Crippen LogP contribution is -1.94. The van der Waals surface area contributed by atoms with Gasteiger partial charge in [0.05, 0.1) is 7.11 Å². The van der Waals surface area contributed by atoms with Crippen molar-refractivity contribution in [1.29, 1.82) is 0 Å². The van der Waals surface area contributed by atoms with Gasteiger partial charge in [-0.2, -0.15) is 0 Å². The van der Waals surface area contributed by atoms with E-state index in [1.807, 2.05) is 84.9 Å². The maximum Gasteiger partial charge on any atom is 0.185 e. The van der Waals surface area contributed by atoms with E-state index in [9.17, 15) is 4.79 Å². The summed E-state index contributed by atoms with van der Waals surface area (Å²) in [4.78, 5) is 12.6. The van der Waals surface area contributed by atoms with Crippen molar-refractivity contribution in [2.24, 2.45) is 0 Å². The Bertz CT molecular complexity index is 1140. The molecule has 0 saturated heterocycles. The summed E-state index contributed by atoms with van der Waals surface area (Å²) in [7, 11) is 1.66. The van der Waals surface area contributed by atoms with Crippen LogP contribution in [0.3, 0.4) is 0 Å². The number of carbonyl (C=O) groups excluding carboxylic acids is 1. The molecule has 0 unspecified atom stereocenters. The van der Waals surface area contributed by atoms with Gasteiger partial charge in [-0.05, 0) is 28.7 Å². The fourth-order valence-corrected chi connectivity index (χ4v) is 3.34. The Labute approximate surface area is 164 Å². The third kappa shape index (κ3) is 3.58. The Morgan fingerprint density at radius 3 is 2.18 bits per heavy atom. The second-order valence-electron chi connectivity index (χ2n) is 6.55. The summed E-state index contributed by atoms with van der Waals surface area (Å²) in [5.74, 6) is 0.747. The Balaban J connectivity index is 1.58. The van der Waals surface area contributed by atoms with Crippen LogP contribution in [0.1, 0.15) is 15.9 Å². The Kier molecular flexibility index (Phi) is 5.03. The summed E-state index contributed by atoms with van der Waals surface area (Å²) in [6.07, 6.45) is 3.42. The van der Waals surface area contributed by atoms with Crippen LogP contribution in [0.25, 0.3) is 28.0 Å². The van der Waals surface area contributed by atoms with Crippen molar-refractivity contribution < 1.29 is 9.53 Å². The van der Waals surface area contributed by atoms with E-state index in [1.54, 1.807) is 13.2 Å². The Morgan fingerprint density at radius 1 is 0.750 bits per heavy atom. The minimum atomic E-state index is -0.0326. The van der Waals surface area contributed by atoms with Crippen LogP contribution in [0.2, 0.25) is 0 Å². The first kappa shape index (κ1) is 17.7. The number of hydrogen-bond donors (Lipinski definition) is 0. The molecule has 4 aromatic rings. The van der Waals surface area contributed by atoms with Crippen LogP contribution in [0.15, 0.2) is 97.1 Å². The average molecular weight is 364 g/mol. The molecule has 2 heteroatoms. The zero-order chi connectivity index (χ0) is 19.3. The summed E-state index contributed by atoms with van der Waals surface area (Å²) in [6, 6.07) is 29.9. The van der Waals surface area contributed by atoms with Gasteiger partial charge in [0.1, 0.15) is 5.75 Å². The molecule has 0 amide bonds. The van der Waals surface area contributed by atoms with E-state index in [0.717, 1.165) is 33.2 Å². The van der Waals surface area contributed by atoms with Gasteiger partial charge in [0.25, 0.3) is 0 Å². The number of methoxy groups -OCH3 is 1. The molecule has 4 rings (SSSR count). The lowest BCUT2D eigenvalue weighted by molar-refractivity contribution is 0.104. The lowest BCUT2D eigenvalue weighted by Gasteiger charge is -2.09. The summed E-state index contributed by atoms with van der Waals surface area (Å²) >= 11 is 0. The highest BCUT2D eigenvalue weighted by atomic mass is 16.5. The van der Waals surface area contributed by atoms with Crippen molar-refractivity contribution in [3.05, 3.63) is 108 Å². The van der Waals surface area contributed by atoms with Gasteiger partial charge >= 0.3 is 0 Å². The van der Waals surface area contributed by atoms with Crippen molar-refractivity contribution in [3.8, 4) is 16.9 Å². The molecular formula is C26H20O2. The van der Waals surface area contributed by atoms with E-state index in [0.29, 0.717) is 5.56 Å². The van der Waals surface area contributed by atoms with Crippen molar-refractivity contribution in [1.82, 2.24) is 0 Å². The largest absolute Gasteiger partial charge is 0.495 e. The van der Waals surface area contributed by atoms with Crippen molar-refractivity contribution in [2.75, 3.05) is 7.11 Å². The van der Waals surface area contributed by atoms with Gasteiger partial charge in [-0.1, -0.05) is 91.0 Å². The minimum Gasteiger partial charge on any atom is -0.495 e. The summed E-state index contributed by atoms with van der Waals surface area (Å²) < 4.78 is 5.60. The van der Waals surface area contributed by atoms with E-state index in [-0.39, 0.29) is 5.78 Å². The first-order valence-corrected chi connectivity index (χ1v) is 9.20. The zero-order valence-electron chi connectivity index (χ0n) is 15.6. The van der Waals surface area contributed by atoms with Gasteiger partial charge in [-0.3, -0.25) is 4.79 Å². The quantitative estimate of drug-likeness (QED) is 0.302. The van der Waals surface area contributed by atoms with E-state index in [4.69, 9.17) is 4.74 Å². The van der Waals surface area contributed by atoms with Crippen molar-refractivity contribution in [3.63, 3.8) is 0 Å². The number of carbonyl (C=O) groups is 1. The molecule has 0 bridgehead atoms. The summed E-state index contributed by atoms with van der Waals surface area (Å²) in [5.41, 5.74) is 3.78. The van der Waals surface area contributed by atoms with Gasteiger partial charge in [0.15, 0.2) is 5.78 Å². The number of hydrogen-bond acceptors (Lipinski definition) is 2. The van der Waals surface area contributed by atoms with Crippen LogP contribution in [-0.4, -0.2) is 12.9 Å². The van der Waals surface area contributed by atoms with E-state index in [2.05, 4.69) is 12.1 Å².